The Morgan fingerprint density at radius 3 is 1.86 bits per heavy atom. The fourth-order valence-electron chi connectivity index (χ4n) is 0.689. The molecule has 0 amide bonds. The zero-order valence-corrected chi connectivity index (χ0v) is 9.21. The van der Waals surface area contributed by atoms with Crippen molar-refractivity contribution in [2.75, 3.05) is 6.61 Å². The molecule has 0 fully saturated rings. The minimum absolute atomic E-state index is 0.228. The van der Waals surface area contributed by atoms with Crippen LogP contribution in [0.3, 0.4) is 0 Å². The van der Waals surface area contributed by atoms with Crippen molar-refractivity contribution in [1.29, 1.82) is 0 Å². The highest BCUT2D eigenvalue weighted by Crippen LogP contribution is 1.88. The van der Waals surface area contributed by atoms with Gasteiger partial charge >= 0.3 is 11.9 Å². The van der Waals surface area contributed by atoms with E-state index < -0.39 is 18.4 Å². The Morgan fingerprint density at radius 1 is 1.14 bits per heavy atom. The van der Waals surface area contributed by atoms with Crippen LogP contribution in [0, 0.1) is 0 Å². The van der Waals surface area contributed by atoms with Crippen molar-refractivity contribution in [3.8, 4) is 0 Å². The molecule has 4 nitrogen and oxygen atoms in total. The predicted molar refractivity (Wildman–Crippen MR) is 54.1 cm³/mol. The smallest absolute Gasteiger partial charge is 0.317 e. The summed E-state index contributed by atoms with van der Waals surface area (Å²) in [7, 11) is 0. The Labute approximate surface area is 85.3 Å². The SMILES string of the molecule is CCCCC.CCOC(=O)CC(=O)O. The monoisotopic (exact) mass is 204 g/mol. The summed E-state index contributed by atoms with van der Waals surface area (Å²) in [5.74, 6) is -1.85. The molecule has 0 atom stereocenters. The Hall–Kier alpha value is -1.06. The number of carboxylic acids is 1. The normalized spacial score (nSPS) is 8.50. The maximum Gasteiger partial charge on any atom is 0.317 e. The second kappa shape index (κ2) is 11.9. The molecule has 0 aromatic rings. The van der Waals surface area contributed by atoms with Gasteiger partial charge in [0, 0.05) is 0 Å². The van der Waals surface area contributed by atoms with Gasteiger partial charge in [-0.05, 0) is 6.92 Å². The molecular formula is C10H20O4. The van der Waals surface area contributed by atoms with E-state index >= 15 is 0 Å². The lowest BCUT2D eigenvalue weighted by Gasteiger charge is -1.95. The molecule has 0 unspecified atom stereocenters. The summed E-state index contributed by atoms with van der Waals surface area (Å²) in [6.45, 7) is 6.28. The molecule has 4 heteroatoms. The number of hydrogen-bond donors (Lipinski definition) is 1. The molecule has 0 heterocycles. The van der Waals surface area contributed by atoms with Gasteiger partial charge in [0.25, 0.3) is 0 Å². The summed E-state index contributed by atoms with van der Waals surface area (Å²) < 4.78 is 4.33. The van der Waals surface area contributed by atoms with E-state index in [9.17, 15) is 9.59 Å². The summed E-state index contributed by atoms with van der Waals surface area (Å²) in [5, 5.41) is 8.01. The topological polar surface area (TPSA) is 63.6 Å². The van der Waals surface area contributed by atoms with E-state index in [2.05, 4.69) is 18.6 Å². The van der Waals surface area contributed by atoms with Crippen LogP contribution in [-0.4, -0.2) is 23.7 Å². The van der Waals surface area contributed by atoms with E-state index in [0.717, 1.165) is 0 Å². The average Bonchev–Trinajstić information content (AvgIpc) is 2.05. The van der Waals surface area contributed by atoms with Gasteiger partial charge in [-0.15, -0.1) is 0 Å². The number of hydrogen-bond acceptors (Lipinski definition) is 3. The lowest BCUT2D eigenvalue weighted by Crippen LogP contribution is -2.09. The summed E-state index contributed by atoms with van der Waals surface area (Å²) in [4.78, 5) is 20.0. The van der Waals surface area contributed by atoms with E-state index in [0.29, 0.717) is 0 Å². The number of carbonyl (C=O) groups is 2. The third-order valence-electron chi connectivity index (χ3n) is 1.31. The van der Waals surface area contributed by atoms with E-state index in [4.69, 9.17) is 5.11 Å². The molecule has 0 aliphatic heterocycles. The van der Waals surface area contributed by atoms with Crippen molar-refractivity contribution in [2.24, 2.45) is 0 Å². The Bertz CT molecular complexity index is 152. The molecule has 0 aromatic heterocycles. The molecule has 84 valence electrons. The molecule has 0 spiro atoms. The number of esters is 1. The fourth-order valence-corrected chi connectivity index (χ4v) is 0.689. The zero-order valence-electron chi connectivity index (χ0n) is 9.21. The number of unbranched alkanes of at least 4 members (excludes halogenated alkanes) is 2. The van der Waals surface area contributed by atoms with Crippen LogP contribution in [0.5, 0.6) is 0 Å². The highest BCUT2D eigenvalue weighted by atomic mass is 16.5. The zero-order chi connectivity index (χ0) is 11.4. The van der Waals surface area contributed by atoms with Crippen LogP contribution in [0.1, 0.15) is 46.5 Å². The Morgan fingerprint density at radius 2 is 1.64 bits per heavy atom. The standard InChI is InChI=1S/C5H8O4.C5H12/c1-2-9-5(8)3-4(6)7;1-3-5-4-2/h2-3H2,1H3,(H,6,7);3-5H2,1-2H3. The van der Waals surface area contributed by atoms with Gasteiger partial charge < -0.3 is 9.84 Å². The van der Waals surface area contributed by atoms with Crippen molar-refractivity contribution < 1.29 is 19.4 Å². The van der Waals surface area contributed by atoms with Crippen LogP contribution in [0.4, 0.5) is 0 Å². The molecule has 0 aliphatic rings. The molecule has 0 radical (unpaired) electrons. The molecular weight excluding hydrogens is 184 g/mol. The van der Waals surface area contributed by atoms with E-state index in [1.165, 1.54) is 19.3 Å². The summed E-state index contributed by atoms with van der Waals surface area (Å²) >= 11 is 0. The van der Waals surface area contributed by atoms with Crippen LogP contribution < -0.4 is 0 Å². The first kappa shape index (κ1) is 15.4. The maximum atomic E-state index is 10.3. The number of aliphatic carboxylic acids is 1. The van der Waals surface area contributed by atoms with Gasteiger partial charge in [0.2, 0.25) is 0 Å². The van der Waals surface area contributed by atoms with Crippen LogP contribution in [-0.2, 0) is 14.3 Å². The van der Waals surface area contributed by atoms with Gasteiger partial charge in [-0.2, -0.15) is 0 Å². The molecule has 0 bridgehead atoms. The third-order valence-corrected chi connectivity index (χ3v) is 1.31. The Kier molecular flexibility index (Phi) is 13.1. The number of ether oxygens (including phenoxy) is 1. The molecule has 14 heavy (non-hydrogen) atoms. The quantitative estimate of drug-likeness (QED) is 0.551. The van der Waals surface area contributed by atoms with Crippen LogP contribution in [0.15, 0.2) is 0 Å². The average molecular weight is 204 g/mol. The first-order valence-electron chi connectivity index (χ1n) is 4.95. The molecule has 0 rings (SSSR count). The van der Waals surface area contributed by atoms with E-state index in [1.807, 2.05) is 0 Å². The minimum atomic E-state index is -1.16. The molecule has 0 saturated heterocycles. The summed E-state index contributed by atoms with van der Waals surface area (Å²) in [6.07, 6.45) is 3.53. The third kappa shape index (κ3) is 17.1. The van der Waals surface area contributed by atoms with Crippen LogP contribution >= 0.6 is 0 Å². The largest absolute Gasteiger partial charge is 0.481 e. The lowest BCUT2D eigenvalue weighted by atomic mass is 10.3. The van der Waals surface area contributed by atoms with E-state index in [-0.39, 0.29) is 6.61 Å². The van der Waals surface area contributed by atoms with Gasteiger partial charge in [-0.1, -0.05) is 33.1 Å². The highest BCUT2D eigenvalue weighted by molar-refractivity contribution is 5.90. The second-order valence-corrected chi connectivity index (χ2v) is 2.73. The van der Waals surface area contributed by atoms with Crippen molar-refractivity contribution in [3.63, 3.8) is 0 Å². The molecule has 0 saturated carbocycles. The van der Waals surface area contributed by atoms with Crippen molar-refractivity contribution in [3.05, 3.63) is 0 Å². The van der Waals surface area contributed by atoms with Crippen molar-refractivity contribution >= 4 is 11.9 Å². The summed E-state index contributed by atoms with van der Waals surface area (Å²) in [5.41, 5.74) is 0. The van der Waals surface area contributed by atoms with Crippen molar-refractivity contribution in [2.45, 2.75) is 46.5 Å². The molecule has 0 aliphatic carbocycles. The van der Waals surface area contributed by atoms with Gasteiger partial charge in [-0.3, -0.25) is 9.59 Å². The predicted octanol–water partition coefficient (Wildman–Crippen LogP) is 2.22. The number of carboxylic acid groups (broad SMARTS) is 1. The number of carbonyl (C=O) groups excluding carboxylic acids is 1. The Balaban J connectivity index is 0. The highest BCUT2D eigenvalue weighted by Gasteiger charge is 2.06. The van der Waals surface area contributed by atoms with Crippen LogP contribution in [0.25, 0.3) is 0 Å². The molecule has 1 N–H and O–H groups in total. The first-order valence-corrected chi connectivity index (χ1v) is 4.95. The van der Waals surface area contributed by atoms with Gasteiger partial charge in [0.15, 0.2) is 0 Å². The number of rotatable bonds is 5. The van der Waals surface area contributed by atoms with Crippen LogP contribution in [0.2, 0.25) is 0 Å². The van der Waals surface area contributed by atoms with Gasteiger partial charge in [0.05, 0.1) is 6.61 Å². The fraction of sp³-hybridized carbons (Fsp3) is 0.800. The molecule has 0 aromatic carbocycles. The first-order chi connectivity index (χ1) is 6.58. The van der Waals surface area contributed by atoms with E-state index in [1.54, 1.807) is 6.92 Å². The maximum absolute atomic E-state index is 10.3. The minimum Gasteiger partial charge on any atom is -0.481 e. The van der Waals surface area contributed by atoms with Gasteiger partial charge in [0.1, 0.15) is 6.42 Å². The second-order valence-electron chi connectivity index (χ2n) is 2.73. The van der Waals surface area contributed by atoms with Crippen molar-refractivity contribution in [1.82, 2.24) is 0 Å². The summed E-state index contributed by atoms with van der Waals surface area (Å²) in [6, 6.07) is 0. The van der Waals surface area contributed by atoms with Gasteiger partial charge in [-0.25, -0.2) is 0 Å². The lowest BCUT2D eigenvalue weighted by molar-refractivity contribution is -0.150.